The SMILES string of the molecule is CC(O[C@@H](C)C(=O)O)C(=O)N1CCCC1. The Hall–Kier alpha value is -1.10. The lowest BCUT2D eigenvalue weighted by molar-refractivity contribution is -0.158. The summed E-state index contributed by atoms with van der Waals surface area (Å²) < 4.78 is 5.10. The van der Waals surface area contributed by atoms with Crippen molar-refractivity contribution in [3.8, 4) is 0 Å². The van der Waals surface area contributed by atoms with Crippen LogP contribution in [0.5, 0.6) is 0 Å². The van der Waals surface area contributed by atoms with Gasteiger partial charge in [-0.2, -0.15) is 0 Å². The lowest BCUT2D eigenvalue weighted by Gasteiger charge is -2.21. The summed E-state index contributed by atoms with van der Waals surface area (Å²) in [6.07, 6.45) is 0.431. The number of carboxylic acid groups (broad SMARTS) is 1. The second-order valence-electron chi connectivity index (χ2n) is 3.79. The van der Waals surface area contributed by atoms with Gasteiger partial charge in [0, 0.05) is 13.1 Å². The lowest BCUT2D eigenvalue weighted by Crippen LogP contribution is -2.39. The molecular weight excluding hydrogens is 198 g/mol. The van der Waals surface area contributed by atoms with Gasteiger partial charge in [0.1, 0.15) is 6.10 Å². The predicted octanol–water partition coefficient (Wildman–Crippen LogP) is 0.487. The molecule has 2 atom stereocenters. The number of hydrogen-bond donors (Lipinski definition) is 1. The summed E-state index contributed by atoms with van der Waals surface area (Å²) in [4.78, 5) is 24.0. The van der Waals surface area contributed by atoms with Crippen LogP contribution in [0.1, 0.15) is 26.7 Å². The maximum Gasteiger partial charge on any atom is 0.332 e. The quantitative estimate of drug-likeness (QED) is 0.741. The lowest BCUT2D eigenvalue weighted by atomic mass is 10.3. The van der Waals surface area contributed by atoms with Crippen LogP contribution in [0, 0.1) is 0 Å². The van der Waals surface area contributed by atoms with Crippen LogP contribution < -0.4 is 0 Å². The Morgan fingerprint density at radius 2 is 1.73 bits per heavy atom. The van der Waals surface area contributed by atoms with Crippen LogP contribution in [0.2, 0.25) is 0 Å². The molecule has 1 N–H and O–H groups in total. The van der Waals surface area contributed by atoms with E-state index in [1.165, 1.54) is 6.92 Å². The minimum Gasteiger partial charge on any atom is -0.479 e. The van der Waals surface area contributed by atoms with Crippen molar-refractivity contribution >= 4 is 11.9 Å². The molecule has 86 valence electrons. The summed E-state index contributed by atoms with van der Waals surface area (Å²) in [5.74, 6) is -1.16. The molecule has 1 fully saturated rings. The van der Waals surface area contributed by atoms with Crippen molar-refractivity contribution in [2.24, 2.45) is 0 Å². The summed E-state index contributed by atoms with van der Waals surface area (Å²) in [6, 6.07) is 0. The first kappa shape index (κ1) is 12.0. The number of carboxylic acids is 1. The van der Waals surface area contributed by atoms with Crippen LogP contribution in [-0.4, -0.2) is 47.2 Å². The van der Waals surface area contributed by atoms with Crippen molar-refractivity contribution in [1.29, 1.82) is 0 Å². The molecular formula is C10H17NO4. The van der Waals surface area contributed by atoms with Crippen LogP contribution >= 0.6 is 0 Å². The normalized spacial score (nSPS) is 20.0. The Balaban J connectivity index is 2.41. The van der Waals surface area contributed by atoms with Crippen molar-refractivity contribution in [2.75, 3.05) is 13.1 Å². The van der Waals surface area contributed by atoms with Gasteiger partial charge in [0.15, 0.2) is 6.10 Å². The number of hydrogen-bond acceptors (Lipinski definition) is 3. The van der Waals surface area contributed by atoms with E-state index in [9.17, 15) is 9.59 Å². The molecule has 5 heteroatoms. The third-order valence-corrected chi connectivity index (χ3v) is 2.52. The zero-order valence-electron chi connectivity index (χ0n) is 9.10. The highest BCUT2D eigenvalue weighted by atomic mass is 16.5. The summed E-state index contributed by atoms with van der Waals surface area (Å²) in [5, 5.41) is 8.63. The molecule has 1 aliphatic heterocycles. The van der Waals surface area contributed by atoms with E-state index in [0.29, 0.717) is 0 Å². The standard InChI is InChI=1S/C10H17NO4/c1-7(15-8(2)10(13)14)9(12)11-5-3-4-6-11/h7-8H,3-6H2,1-2H3,(H,13,14)/t7?,8-/m0/s1. The first-order valence-corrected chi connectivity index (χ1v) is 5.19. The third-order valence-electron chi connectivity index (χ3n) is 2.52. The van der Waals surface area contributed by atoms with Gasteiger partial charge in [-0.3, -0.25) is 4.79 Å². The molecule has 1 unspecified atom stereocenters. The molecule has 0 saturated carbocycles. The smallest absolute Gasteiger partial charge is 0.332 e. The predicted molar refractivity (Wildman–Crippen MR) is 53.5 cm³/mol. The van der Waals surface area contributed by atoms with E-state index in [4.69, 9.17) is 9.84 Å². The molecule has 0 spiro atoms. The molecule has 0 bridgehead atoms. The van der Waals surface area contributed by atoms with Crippen LogP contribution in [-0.2, 0) is 14.3 Å². The first-order valence-electron chi connectivity index (χ1n) is 5.19. The highest BCUT2D eigenvalue weighted by Crippen LogP contribution is 2.11. The average molecular weight is 215 g/mol. The Bertz CT molecular complexity index is 248. The maximum absolute atomic E-state index is 11.7. The topological polar surface area (TPSA) is 66.8 Å². The van der Waals surface area contributed by atoms with Gasteiger partial charge in [-0.15, -0.1) is 0 Å². The number of likely N-dealkylation sites (tertiary alicyclic amines) is 1. The van der Waals surface area contributed by atoms with Crippen molar-refractivity contribution in [3.05, 3.63) is 0 Å². The van der Waals surface area contributed by atoms with Gasteiger partial charge in [0.05, 0.1) is 0 Å². The number of nitrogens with zero attached hydrogens (tertiary/aromatic N) is 1. The van der Waals surface area contributed by atoms with Crippen LogP contribution in [0.15, 0.2) is 0 Å². The van der Waals surface area contributed by atoms with Gasteiger partial charge in [-0.1, -0.05) is 0 Å². The summed E-state index contributed by atoms with van der Waals surface area (Å²) >= 11 is 0. The van der Waals surface area contributed by atoms with Gasteiger partial charge in [0.25, 0.3) is 5.91 Å². The zero-order chi connectivity index (χ0) is 11.4. The fourth-order valence-electron chi connectivity index (χ4n) is 1.62. The third kappa shape index (κ3) is 3.20. The number of aliphatic carboxylic acids is 1. The summed E-state index contributed by atoms with van der Waals surface area (Å²) in [7, 11) is 0. The van der Waals surface area contributed by atoms with E-state index < -0.39 is 18.2 Å². The molecule has 1 aliphatic rings. The van der Waals surface area contributed by atoms with Crippen molar-refractivity contribution in [2.45, 2.75) is 38.9 Å². The van der Waals surface area contributed by atoms with Gasteiger partial charge < -0.3 is 14.7 Å². The summed E-state index contributed by atoms with van der Waals surface area (Å²) in [5.41, 5.74) is 0. The number of carbonyl (C=O) groups is 2. The van der Waals surface area contributed by atoms with Crippen molar-refractivity contribution in [1.82, 2.24) is 4.90 Å². The highest BCUT2D eigenvalue weighted by Gasteiger charge is 2.26. The van der Waals surface area contributed by atoms with Crippen molar-refractivity contribution < 1.29 is 19.4 Å². The van der Waals surface area contributed by atoms with Crippen LogP contribution in [0.3, 0.4) is 0 Å². The molecule has 1 rings (SSSR count). The second kappa shape index (κ2) is 5.11. The van der Waals surface area contributed by atoms with E-state index in [2.05, 4.69) is 0 Å². The number of rotatable bonds is 4. The molecule has 0 aromatic carbocycles. The number of carbonyl (C=O) groups excluding carboxylic acids is 1. The minimum absolute atomic E-state index is 0.111. The average Bonchev–Trinajstić information content (AvgIpc) is 2.68. The molecule has 0 aromatic heterocycles. The minimum atomic E-state index is -1.05. The Morgan fingerprint density at radius 1 is 1.20 bits per heavy atom. The summed E-state index contributed by atoms with van der Waals surface area (Å²) in [6.45, 7) is 4.54. The van der Waals surface area contributed by atoms with E-state index in [-0.39, 0.29) is 5.91 Å². The van der Waals surface area contributed by atoms with Crippen LogP contribution in [0.25, 0.3) is 0 Å². The molecule has 0 aliphatic carbocycles. The molecule has 1 heterocycles. The van der Waals surface area contributed by atoms with E-state index in [0.717, 1.165) is 25.9 Å². The van der Waals surface area contributed by atoms with Gasteiger partial charge >= 0.3 is 5.97 Å². The second-order valence-corrected chi connectivity index (χ2v) is 3.79. The monoisotopic (exact) mass is 215 g/mol. The van der Waals surface area contributed by atoms with Gasteiger partial charge in [-0.05, 0) is 26.7 Å². The fourth-order valence-corrected chi connectivity index (χ4v) is 1.62. The fraction of sp³-hybridized carbons (Fsp3) is 0.800. The first-order chi connectivity index (χ1) is 7.02. The molecule has 0 aromatic rings. The largest absolute Gasteiger partial charge is 0.479 e. The van der Waals surface area contributed by atoms with Crippen molar-refractivity contribution in [3.63, 3.8) is 0 Å². The number of amides is 1. The molecule has 0 radical (unpaired) electrons. The van der Waals surface area contributed by atoms with E-state index >= 15 is 0 Å². The Labute approximate surface area is 89.0 Å². The maximum atomic E-state index is 11.7. The molecule has 15 heavy (non-hydrogen) atoms. The molecule has 1 saturated heterocycles. The van der Waals surface area contributed by atoms with E-state index in [1.807, 2.05) is 0 Å². The Morgan fingerprint density at radius 3 is 2.20 bits per heavy atom. The van der Waals surface area contributed by atoms with Crippen LogP contribution in [0.4, 0.5) is 0 Å². The molecule has 1 amide bonds. The van der Waals surface area contributed by atoms with E-state index in [1.54, 1.807) is 11.8 Å². The molecule has 5 nitrogen and oxygen atoms in total. The zero-order valence-corrected chi connectivity index (χ0v) is 9.10. The Kier molecular flexibility index (Phi) is 4.08. The van der Waals surface area contributed by atoms with Gasteiger partial charge in [-0.25, -0.2) is 4.79 Å². The van der Waals surface area contributed by atoms with Gasteiger partial charge in [0.2, 0.25) is 0 Å². The highest BCUT2D eigenvalue weighted by molar-refractivity contribution is 5.81. The number of ether oxygens (including phenoxy) is 1.